The molecule has 1 unspecified atom stereocenters. The molecule has 0 aliphatic carbocycles. The van der Waals surface area contributed by atoms with Gasteiger partial charge in [-0.15, -0.1) is 0 Å². The van der Waals surface area contributed by atoms with Gasteiger partial charge in [0.15, 0.2) is 5.96 Å². The molecule has 0 saturated carbocycles. The van der Waals surface area contributed by atoms with Crippen LogP contribution >= 0.6 is 0 Å². The van der Waals surface area contributed by atoms with E-state index in [1.165, 1.54) is 5.56 Å². The highest BCUT2D eigenvalue weighted by Crippen LogP contribution is 2.27. The summed E-state index contributed by atoms with van der Waals surface area (Å²) < 4.78 is 0. The molecule has 30 heavy (non-hydrogen) atoms. The fourth-order valence-electron chi connectivity index (χ4n) is 3.72. The van der Waals surface area contributed by atoms with Crippen molar-refractivity contribution in [2.75, 3.05) is 37.7 Å². The third-order valence-corrected chi connectivity index (χ3v) is 5.35. The van der Waals surface area contributed by atoms with Crippen molar-refractivity contribution in [3.63, 3.8) is 0 Å². The number of carbonyl (C=O) groups is 1. The number of para-hydroxylation sites is 1. The van der Waals surface area contributed by atoms with E-state index in [1.54, 1.807) is 0 Å². The van der Waals surface area contributed by atoms with Crippen molar-refractivity contribution in [3.05, 3.63) is 65.7 Å². The van der Waals surface area contributed by atoms with Gasteiger partial charge in [-0.25, -0.2) is 0 Å². The predicted octanol–water partition coefficient (Wildman–Crippen LogP) is 2.69. The molecule has 2 aromatic rings. The van der Waals surface area contributed by atoms with Gasteiger partial charge >= 0.3 is 0 Å². The van der Waals surface area contributed by atoms with Crippen LogP contribution in [0.4, 0.5) is 5.69 Å². The summed E-state index contributed by atoms with van der Waals surface area (Å²) >= 11 is 0. The Hall–Kier alpha value is -2.86. The van der Waals surface area contributed by atoms with Crippen molar-refractivity contribution in [3.8, 4) is 0 Å². The molecule has 0 fully saturated rings. The quantitative estimate of drug-likeness (QED) is 0.339. The van der Waals surface area contributed by atoms with E-state index in [4.69, 9.17) is 0 Å². The normalized spacial score (nSPS) is 14.3. The SMILES string of the molecule is CCNC(=NCC(CO)c1ccccc1)NCCCC(=O)N1CCc2ccccc21. The lowest BCUT2D eigenvalue weighted by Gasteiger charge is -2.18. The average molecular weight is 409 g/mol. The average Bonchev–Trinajstić information content (AvgIpc) is 3.22. The van der Waals surface area contributed by atoms with Crippen molar-refractivity contribution < 1.29 is 9.90 Å². The molecule has 0 aromatic heterocycles. The number of carbonyl (C=O) groups excluding carboxylic acids is 1. The maximum Gasteiger partial charge on any atom is 0.227 e. The monoisotopic (exact) mass is 408 g/mol. The second-order valence-corrected chi connectivity index (χ2v) is 7.46. The summed E-state index contributed by atoms with van der Waals surface area (Å²) in [6.45, 7) is 4.77. The molecule has 3 N–H and O–H groups in total. The van der Waals surface area contributed by atoms with Crippen molar-refractivity contribution in [2.24, 2.45) is 4.99 Å². The molecule has 0 spiro atoms. The van der Waals surface area contributed by atoms with Crippen LogP contribution in [-0.2, 0) is 11.2 Å². The summed E-state index contributed by atoms with van der Waals surface area (Å²) in [4.78, 5) is 19.1. The fraction of sp³-hybridized carbons (Fsp3) is 0.417. The highest BCUT2D eigenvalue weighted by Gasteiger charge is 2.23. The Balaban J connectivity index is 1.46. The first kappa shape index (κ1) is 21.8. The van der Waals surface area contributed by atoms with Gasteiger partial charge in [-0.05, 0) is 37.0 Å². The van der Waals surface area contributed by atoms with Crippen LogP contribution in [0.25, 0.3) is 0 Å². The van der Waals surface area contributed by atoms with Gasteiger partial charge in [0.2, 0.25) is 5.91 Å². The number of fused-ring (bicyclic) bond motifs is 1. The summed E-state index contributed by atoms with van der Waals surface area (Å²) in [6.07, 6.45) is 2.18. The second-order valence-electron chi connectivity index (χ2n) is 7.46. The maximum absolute atomic E-state index is 12.6. The van der Waals surface area contributed by atoms with E-state index in [0.717, 1.165) is 37.2 Å². The number of hydrogen-bond donors (Lipinski definition) is 3. The maximum atomic E-state index is 12.6. The smallest absolute Gasteiger partial charge is 0.227 e. The number of aliphatic hydroxyl groups is 1. The predicted molar refractivity (Wildman–Crippen MR) is 122 cm³/mol. The number of aliphatic hydroxyl groups excluding tert-OH is 1. The Morgan fingerprint density at radius 1 is 1.13 bits per heavy atom. The minimum absolute atomic E-state index is 0.0292. The summed E-state index contributed by atoms with van der Waals surface area (Å²) in [7, 11) is 0. The molecule has 0 radical (unpaired) electrons. The van der Waals surface area contributed by atoms with Crippen LogP contribution in [0, 0.1) is 0 Å². The number of guanidine groups is 1. The molecule has 1 atom stereocenters. The number of benzene rings is 2. The van der Waals surface area contributed by atoms with E-state index in [2.05, 4.69) is 21.7 Å². The third-order valence-electron chi connectivity index (χ3n) is 5.35. The molecule has 1 aliphatic rings. The van der Waals surface area contributed by atoms with E-state index in [0.29, 0.717) is 25.5 Å². The number of nitrogens with one attached hydrogen (secondary N) is 2. The largest absolute Gasteiger partial charge is 0.396 e. The molecule has 6 heteroatoms. The number of anilines is 1. The first-order chi connectivity index (χ1) is 14.7. The highest BCUT2D eigenvalue weighted by atomic mass is 16.3. The summed E-state index contributed by atoms with van der Waals surface area (Å²) in [5, 5.41) is 16.3. The van der Waals surface area contributed by atoms with Crippen LogP contribution < -0.4 is 15.5 Å². The molecule has 2 aromatic carbocycles. The fourth-order valence-corrected chi connectivity index (χ4v) is 3.72. The van der Waals surface area contributed by atoms with Crippen molar-refractivity contribution in [1.82, 2.24) is 10.6 Å². The van der Waals surface area contributed by atoms with Crippen LogP contribution in [0.2, 0.25) is 0 Å². The van der Waals surface area contributed by atoms with Crippen molar-refractivity contribution >= 4 is 17.6 Å². The van der Waals surface area contributed by atoms with Gasteiger partial charge in [0.25, 0.3) is 0 Å². The van der Waals surface area contributed by atoms with E-state index in [9.17, 15) is 9.90 Å². The Bertz CT molecular complexity index is 838. The van der Waals surface area contributed by atoms with Crippen LogP contribution in [0.15, 0.2) is 59.6 Å². The minimum atomic E-state index is -0.0292. The highest BCUT2D eigenvalue weighted by molar-refractivity contribution is 5.95. The third kappa shape index (κ3) is 5.83. The zero-order valence-electron chi connectivity index (χ0n) is 17.7. The molecule has 160 valence electrons. The number of amides is 1. The molecule has 0 bridgehead atoms. The second kappa shape index (κ2) is 11.4. The molecular weight excluding hydrogens is 376 g/mol. The van der Waals surface area contributed by atoms with Gasteiger partial charge in [0.1, 0.15) is 0 Å². The molecule has 0 saturated heterocycles. The molecule has 1 amide bonds. The Morgan fingerprint density at radius 2 is 1.90 bits per heavy atom. The van der Waals surface area contributed by atoms with Gasteiger partial charge in [0, 0.05) is 37.7 Å². The topological polar surface area (TPSA) is 77.0 Å². The Morgan fingerprint density at radius 3 is 2.67 bits per heavy atom. The minimum Gasteiger partial charge on any atom is -0.396 e. The van der Waals surface area contributed by atoms with Crippen molar-refractivity contribution in [2.45, 2.75) is 32.1 Å². The van der Waals surface area contributed by atoms with Gasteiger partial charge < -0.3 is 20.6 Å². The van der Waals surface area contributed by atoms with E-state index < -0.39 is 0 Å². The van der Waals surface area contributed by atoms with Crippen LogP contribution in [0.5, 0.6) is 0 Å². The van der Waals surface area contributed by atoms with Crippen molar-refractivity contribution in [1.29, 1.82) is 0 Å². The van der Waals surface area contributed by atoms with Gasteiger partial charge in [-0.3, -0.25) is 9.79 Å². The Kier molecular flexibility index (Phi) is 8.27. The summed E-state index contributed by atoms with van der Waals surface area (Å²) in [6, 6.07) is 18.1. The van der Waals surface area contributed by atoms with Crippen LogP contribution in [0.1, 0.15) is 36.8 Å². The van der Waals surface area contributed by atoms with Gasteiger partial charge in [0.05, 0.1) is 13.2 Å². The number of nitrogens with zero attached hydrogens (tertiary/aromatic N) is 2. The zero-order chi connectivity index (χ0) is 21.2. The molecular formula is C24H32N4O2. The Labute approximate surface area is 179 Å². The van der Waals surface area contributed by atoms with Crippen LogP contribution in [0.3, 0.4) is 0 Å². The molecule has 1 heterocycles. The van der Waals surface area contributed by atoms with E-state index >= 15 is 0 Å². The van der Waals surface area contributed by atoms with Gasteiger partial charge in [-0.2, -0.15) is 0 Å². The number of rotatable bonds is 9. The molecule has 1 aliphatic heterocycles. The van der Waals surface area contributed by atoms with Crippen LogP contribution in [-0.4, -0.2) is 49.8 Å². The van der Waals surface area contributed by atoms with E-state index in [1.807, 2.05) is 60.4 Å². The lowest BCUT2D eigenvalue weighted by Crippen LogP contribution is -2.38. The first-order valence-electron chi connectivity index (χ1n) is 10.8. The van der Waals surface area contributed by atoms with E-state index in [-0.39, 0.29) is 18.4 Å². The first-order valence-corrected chi connectivity index (χ1v) is 10.8. The summed E-state index contributed by atoms with van der Waals surface area (Å²) in [5.41, 5.74) is 3.39. The molecule has 6 nitrogen and oxygen atoms in total. The number of aliphatic imine (C=N–C) groups is 1. The van der Waals surface area contributed by atoms with Gasteiger partial charge in [-0.1, -0.05) is 48.5 Å². The summed E-state index contributed by atoms with van der Waals surface area (Å²) in [5.74, 6) is 0.859. The lowest BCUT2D eigenvalue weighted by molar-refractivity contribution is -0.118. The zero-order valence-corrected chi connectivity index (χ0v) is 17.7. The molecule has 3 rings (SSSR count). The lowest BCUT2D eigenvalue weighted by atomic mass is 10.0. The standard InChI is InChI=1S/C24H32N4O2/c1-2-25-24(27-17-21(18-29)19-9-4-3-5-10-19)26-15-8-13-23(30)28-16-14-20-11-6-7-12-22(20)28/h3-7,9-12,21,29H,2,8,13-18H2,1H3,(H2,25,26,27). The number of hydrogen-bond acceptors (Lipinski definition) is 3.